The van der Waals surface area contributed by atoms with E-state index in [-0.39, 0.29) is 29.6 Å². The fourth-order valence-electron chi connectivity index (χ4n) is 4.82. The number of pyridine rings is 1. The fourth-order valence-corrected chi connectivity index (χ4v) is 4.82. The third-order valence-electron chi connectivity index (χ3n) is 6.70. The summed E-state index contributed by atoms with van der Waals surface area (Å²) in [5, 5.41) is 6.07. The first kappa shape index (κ1) is 23.0. The molecule has 8 nitrogen and oxygen atoms in total. The molecule has 0 saturated heterocycles. The second-order valence-electron chi connectivity index (χ2n) is 9.49. The SMILES string of the molecule is Cc1cc(F)cc(CNc2nc(C3CC3)c3n(c2=O)[C@H](C(=O)NCc2ccc(N)nc2C)CC3)c1. The number of amides is 1. The zero-order chi connectivity index (χ0) is 24.7. The molecule has 0 radical (unpaired) electrons. The minimum Gasteiger partial charge on any atom is -0.384 e. The lowest BCUT2D eigenvalue weighted by Crippen LogP contribution is -2.37. The Balaban J connectivity index is 1.40. The van der Waals surface area contributed by atoms with Gasteiger partial charge in [-0.3, -0.25) is 14.2 Å². The Morgan fingerprint density at radius 1 is 1.14 bits per heavy atom. The Morgan fingerprint density at radius 2 is 1.94 bits per heavy atom. The molecule has 1 aliphatic heterocycles. The Bertz CT molecular complexity index is 1340. The van der Waals surface area contributed by atoms with Crippen molar-refractivity contribution >= 4 is 17.5 Å². The van der Waals surface area contributed by atoms with Gasteiger partial charge in [-0.05, 0) is 74.4 Å². The maximum absolute atomic E-state index is 13.8. The molecule has 4 N–H and O–H groups in total. The zero-order valence-corrected chi connectivity index (χ0v) is 19.9. The van der Waals surface area contributed by atoms with E-state index in [2.05, 4.69) is 20.6 Å². The van der Waals surface area contributed by atoms with Gasteiger partial charge < -0.3 is 16.4 Å². The van der Waals surface area contributed by atoms with Gasteiger partial charge in [-0.15, -0.1) is 0 Å². The summed E-state index contributed by atoms with van der Waals surface area (Å²) in [5.41, 5.74) is 10.3. The van der Waals surface area contributed by atoms with Crippen molar-refractivity contribution in [3.05, 3.63) is 80.3 Å². The molecule has 3 aromatic rings. The number of nitrogens with two attached hydrogens (primary N) is 1. The van der Waals surface area contributed by atoms with Crippen LogP contribution in [0.25, 0.3) is 0 Å². The Morgan fingerprint density at radius 3 is 2.66 bits per heavy atom. The van der Waals surface area contributed by atoms with Gasteiger partial charge in [0.15, 0.2) is 5.82 Å². The van der Waals surface area contributed by atoms with Crippen LogP contribution in [-0.4, -0.2) is 20.4 Å². The molecule has 9 heteroatoms. The van der Waals surface area contributed by atoms with E-state index < -0.39 is 6.04 Å². The van der Waals surface area contributed by atoms with E-state index in [9.17, 15) is 14.0 Å². The first-order valence-corrected chi connectivity index (χ1v) is 11.9. The van der Waals surface area contributed by atoms with E-state index in [1.165, 1.54) is 12.1 Å². The third-order valence-corrected chi connectivity index (χ3v) is 6.70. The quantitative estimate of drug-likeness (QED) is 0.482. The monoisotopic (exact) mass is 476 g/mol. The summed E-state index contributed by atoms with van der Waals surface area (Å²) < 4.78 is 15.4. The summed E-state index contributed by atoms with van der Waals surface area (Å²) in [5.74, 6) is 0.432. The molecule has 1 fully saturated rings. The summed E-state index contributed by atoms with van der Waals surface area (Å²) >= 11 is 0. The van der Waals surface area contributed by atoms with Crippen LogP contribution in [0.1, 0.15) is 65.0 Å². The number of carbonyl (C=O) groups excluding carboxylic acids is 1. The smallest absolute Gasteiger partial charge is 0.294 e. The molecule has 1 saturated carbocycles. The number of benzene rings is 1. The molecule has 1 aromatic carbocycles. The lowest BCUT2D eigenvalue weighted by atomic mass is 10.1. The molecular weight excluding hydrogens is 447 g/mol. The van der Waals surface area contributed by atoms with Gasteiger partial charge in [0.25, 0.3) is 5.56 Å². The molecule has 35 heavy (non-hydrogen) atoms. The second-order valence-corrected chi connectivity index (χ2v) is 9.49. The maximum Gasteiger partial charge on any atom is 0.294 e. The van der Waals surface area contributed by atoms with Crippen LogP contribution in [0.3, 0.4) is 0 Å². The largest absolute Gasteiger partial charge is 0.384 e. The molecule has 5 rings (SSSR count). The van der Waals surface area contributed by atoms with Gasteiger partial charge in [0, 0.05) is 30.4 Å². The van der Waals surface area contributed by atoms with Crippen molar-refractivity contribution in [1.29, 1.82) is 0 Å². The Labute approximate surface area is 202 Å². The third kappa shape index (κ3) is 4.76. The fraction of sp³-hybridized carbons (Fsp3) is 0.385. The van der Waals surface area contributed by atoms with Crippen molar-refractivity contribution in [2.24, 2.45) is 0 Å². The molecular formula is C26H29FN6O2. The highest BCUT2D eigenvalue weighted by molar-refractivity contribution is 5.81. The summed E-state index contributed by atoms with van der Waals surface area (Å²) in [6, 6.07) is 7.72. The summed E-state index contributed by atoms with van der Waals surface area (Å²) in [4.78, 5) is 35.5. The van der Waals surface area contributed by atoms with Crippen LogP contribution >= 0.6 is 0 Å². The van der Waals surface area contributed by atoms with Crippen LogP contribution in [0.4, 0.5) is 16.0 Å². The molecule has 2 aliphatic rings. The lowest BCUT2D eigenvalue weighted by Gasteiger charge is -2.18. The maximum atomic E-state index is 13.8. The van der Waals surface area contributed by atoms with E-state index in [1.807, 2.05) is 26.0 Å². The number of nitrogen functional groups attached to an aromatic ring is 1. The number of rotatable bonds is 7. The number of aromatic nitrogens is 3. The van der Waals surface area contributed by atoms with Crippen LogP contribution in [0.15, 0.2) is 35.1 Å². The molecule has 0 bridgehead atoms. The van der Waals surface area contributed by atoms with Crippen molar-refractivity contribution in [2.45, 2.75) is 64.6 Å². The standard InChI is InChI=1S/C26H29FN6O2/c1-14-9-16(11-19(27)10-14)12-29-24-26(35)33-20(23(32-24)17-3-4-17)6-7-21(33)25(34)30-13-18-5-8-22(28)31-15(18)2/h5,8-11,17,21H,3-4,6-7,12-13H2,1-2H3,(H2,28,31)(H,29,32)(H,30,34)/t21-/m0/s1. The van der Waals surface area contributed by atoms with Gasteiger partial charge in [-0.1, -0.05) is 12.1 Å². The molecule has 3 heterocycles. The van der Waals surface area contributed by atoms with E-state index in [4.69, 9.17) is 5.73 Å². The van der Waals surface area contributed by atoms with Gasteiger partial charge in [-0.2, -0.15) is 0 Å². The van der Waals surface area contributed by atoms with Gasteiger partial charge in [0.2, 0.25) is 5.91 Å². The molecule has 182 valence electrons. The Hall–Kier alpha value is -3.75. The van der Waals surface area contributed by atoms with E-state index in [1.54, 1.807) is 10.6 Å². The molecule has 0 spiro atoms. The van der Waals surface area contributed by atoms with Crippen LogP contribution < -0.4 is 21.9 Å². The van der Waals surface area contributed by atoms with Gasteiger partial charge in [0.05, 0.1) is 5.69 Å². The van der Waals surface area contributed by atoms with Crippen molar-refractivity contribution in [2.75, 3.05) is 11.1 Å². The first-order valence-electron chi connectivity index (χ1n) is 11.9. The number of carbonyl (C=O) groups is 1. The van der Waals surface area contributed by atoms with E-state index >= 15 is 0 Å². The van der Waals surface area contributed by atoms with E-state index in [0.29, 0.717) is 31.1 Å². The molecule has 2 aromatic heterocycles. The predicted molar refractivity (Wildman–Crippen MR) is 132 cm³/mol. The van der Waals surface area contributed by atoms with Crippen LogP contribution in [0.5, 0.6) is 0 Å². The molecule has 1 atom stereocenters. The minimum atomic E-state index is -0.600. The van der Waals surface area contributed by atoms with Crippen LogP contribution in [0, 0.1) is 19.7 Å². The van der Waals surface area contributed by atoms with Crippen molar-refractivity contribution in [3.63, 3.8) is 0 Å². The Kier molecular flexibility index (Phi) is 6.00. The highest BCUT2D eigenvalue weighted by Crippen LogP contribution is 2.43. The summed E-state index contributed by atoms with van der Waals surface area (Å²) in [6.45, 7) is 4.25. The molecule has 0 unspecified atom stereocenters. The normalized spacial score (nSPS) is 16.7. The van der Waals surface area contributed by atoms with Crippen LogP contribution in [-0.2, 0) is 24.3 Å². The topological polar surface area (TPSA) is 115 Å². The number of halogens is 1. The number of hydrogen-bond acceptors (Lipinski definition) is 6. The van der Waals surface area contributed by atoms with Gasteiger partial charge in [-0.25, -0.2) is 14.4 Å². The van der Waals surface area contributed by atoms with Gasteiger partial charge >= 0.3 is 0 Å². The molecule has 1 amide bonds. The van der Waals surface area contributed by atoms with E-state index in [0.717, 1.165) is 46.6 Å². The number of aryl methyl sites for hydroxylation is 2. The van der Waals surface area contributed by atoms with Crippen LogP contribution in [0.2, 0.25) is 0 Å². The average molecular weight is 477 g/mol. The highest BCUT2D eigenvalue weighted by atomic mass is 19.1. The number of fused-ring (bicyclic) bond motifs is 1. The number of nitrogens with one attached hydrogen (secondary N) is 2. The zero-order valence-electron chi connectivity index (χ0n) is 19.9. The van der Waals surface area contributed by atoms with Gasteiger partial charge in [0.1, 0.15) is 17.7 Å². The van der Waals surface area contributed by atoms with Crippen molar-refractivity contribution in [1.82, 2.24) is 19.9 Å². The number of anilines is 2. The highest BCUT2D eigenvalue weighted by Gasteiger charge is 2.37. The van der Waals surface area contributed by atoms with Crippen molar-refractivity contribution < 1.29 is 9.18 Å². The second kappa shape index (κ2) is 9.13. The lowest BCUT2D eigenvalue weighted by molar-refractivity contribution is -0.124. The number of nitrogens with zero attached hydrogens (tertiary/aromatic N) is 3. The first-order chi connectivity index (χ1) is 16.8. The minimum absolute atomic E-state index is 0.204. The summed E-state index contributed by atoms with van der Waals surface area (Å²) in [6.07, 6.45) is 3.24. The number of hydrogen-bond donors (Lipinski definition) is 3. The summed E-state index contributed by atoms with van der Waals surface area (Å²) in [7, 11) is 0. The average Bonchev–Trinajstić information content (AvgIpc) is 3.54. The van der Waals surface area contributed by atoms with Crippen molar-refractivity contribution in [3.8, 4) is 0 Å². The molecule has 1 aliphatic carbocycles. The predicted octanol–water partition coefficient (Wildman–Crippen LogP) is 3.27.